The van der Waals surface area contributed by atoms with Gasteiger partial charge in [0.1, 0.15) is 11.9 Å². The van der Waals surface area contributed by atoms with Gasteiger partial charge < -0.3 is 53.1 Å². The van der Waals surface area contributed by atoms with Gasteiger partial charge >= 0.3 is 0 Å². The normalized spacial score (nSPS) is 13.2. The SMILES string of the molecule is COc1cc(C2NC(=O)c3cc(C)ccc3N2)ccc1OCCCCCCOc1c(OC)cc(-c2cc(-c3cc(OC)c(OC)c(OC)c3)on2)cc1OC. The van der Waals surface area contributed by atoms with Crippen LogP contribution < -0.4 is 48.5 Å². The molecule has 0 saturated carbocycles. The lowest BCUT2D eigenvalue weighted by Gasteiger charge is -2.28. The van der Waals surface area contributed by atoms with Crippen LogP contribution >= 0.6 is 0 Å². The number of anilines is 1. The molecule has 5 aromatic rings. The molecule has 13 nitrogen and oxygen atoms in total. The Bertz CT molecular complexity index is 2060. The fourth-order valence-electron chi connectivity index (χ4n) is 6.38. The second-order valence-corrected chi connectivity index (χ2v) is 12.8. The van der Waals surface area contributed by atoms with Crippen molar-refractivity contribution in [2.24, 2.45) is 0 Å². The molecule has 1 aromatic heterocycles. The molecule has 1 aliphatic heterocycles. The van der Waals surface area contributed by atoms with Crippen LogP contribution in [-0.2, 0) is 0 Å². The summed E-state index contributed by atoms with van der Waals surface area (Å²) in [6.45, 7) is 2.98. The zero-order valence-electron chi connectivity index (χ0n) is 32.2. The summed E-state index contributed by atoms with van der Waals surface area (Å²) >= 11 is 0. The zero-order valence-corrected chi connectivity index (χ0v) is 32.2. The van der Waals surface area contributed by atoms with Crippen LogP contribution in [0.4, 0.5) is 5.69 Å². The number of nitrogens with zero attached hydrogens (tertiary/aromatic N) is 1. The highest BCUT2D eigenvalue weighted by Crippen LogP contribution is 2.44. The summed E-state index contributed by atoms with van der Waals surface area (Å²) in [5, 5.41) is 10.7. The van der Waals surface area contributed by atoms with Gasteiger partial charge in [-0.1, -0.05) is 22.9 Å². The molecular weight excluding hydrogens is 706 g/mol. The predicted molar refractivity (Wildman–Crippen MR) is 208 cm³/mol. The van der Waals surface area contributed by atoms with Gasteiger partial charge in [0, 0.05) is 22.9 Å². The summed E-state index contributed by atoms with van der Waals surface area (Å²) < 4.78 is 51.4. The molecule has 4 aromatic carbocycles. The van der Waals surface area contributed by atoms with Crippen LogP contribution in [-0.4, -0.2) is 66.9 Å². The van der Waals surface area contributed by atoms with Gasteiger partial charge in [-0.3, -0.25) is 4.79 Å². The summed E-state index contributed by atoms with van der Waals surface area (Å²) in [7, 11) is 9.46. The lowest BCUT2D eigenvalue weighted by molar-refractivity contribution is 0.0935. The number of benzene rings is 4. The second-order valence-electron chi connectivity index (χ2n) is 12.8. The first-order valence-corrected chi connectivity index (χ1v) is 18.0. The maximum atomic E-state index is 12.7. The molecule has 0 aliphatic carbocycles. The van der Waals surface area contributed by atoms with E-state index in [0.717, 1.165) is 48.1 Å². The van der Waals surface area contributed by atoms with Crippen molar-refractivity contribution >= 4 is 11.6 Å². The summed E-state index contributed by atoms with van der Waals surface area (Å²) in [6, 6.07) is 20.6. The first kappa shape index (κ1) is 38.5. The summed E-state index contributed by atoms with van der Waals surface area (Å²) in [5.74, 6) is 4.70. The molecule has 290 valence electrons. The predicted octanol–water partition coefficient (Wildman–Crippen LogP) is 8.24. The number of ether oxygens (including phenoxy) is 8. The van der Waals surface area contributed by atoms with Gasteiger partial charge in [-0.25, -0.2) is 0 Å². The van der Waals surface area contributed by atoms with Crippen molar-refractivity contribution in [1.29, 1.82) is 0 Å². The topological polar surface area (TPSA) is 141 Å². The standard InChI is InChI=1S/C42H47N3O10/c1-25-12-14-30-29(18-25)42(46)44-41(43-30)26-13-15-32(34(19-26)47-2)53-16-10-8-9-11-17-54-40-37(50-5)20-27(21-38(40)51-6)31-24-33(55-45-31)28-22-35(48-3)39(52-7)36(23-28)49-4/h12-15,18-24,41,43H,8-11,16-17H2,1-7H3,(H,44,46). The third kappa shape index (κ3) is 8.61. The fourth-order valence-corrected chi connectivity index (χ4v) is 6.38. The number of carbonyl (C=O) groups is 1. The number of fused-ring (bicyclic) bond motifs is 1. The molecule has 1 aliphatic rings. The van der Waals surface area contributed by atoms with Crippen molar-refractivity contribution < 1.29 is 47.2 Å². The fraction of sp³-hybridized carbons (Fsp3) is 0.333. The number of amides is 1. The van der Waals surface area contributed by atoms with Crippen LogP contribution in [0.3, 0.4) is 0 Å². The molecule has 13 heteroatoms. The largest absolute Gasteiger partial charge is 0.493 e. The lowest BCUT2D eigenvalue weighted by atomic mass is 10.0. The van der Waals surface area contributed by atoms with Crippen LogP contribution in [0.15, 0.2) is 71.3 Å². The van der Waals surface area contributed by atoms with E-state index >= 15 is 0 Å². The van der Waals surface area contributed by atoms with Crippen LogP contribution in [0.2, 0.25) is 0 Å². The van der Waals surface area contributed by atoms with Crippen molar-refractivity contribution in [3.63, 3.8) is 0 Å². The Kier molecular flexibility index (Phi) is 12.4. The molecule has 0 bridgehead atoms. The van der Waals surface area contributed by atoms with Crippen LogP contribution in [0, 0.1) is 6.92 Å². The zero-order chi connectivity index (χ0) is 38.9. The highest BCUT2D eigenvalue weighted by Gasteiger charge is 2.26. The Labute approximate surface area is 320 Å². The van der Waals surface area contributed by atoms with E-state index in [-0.39, 0.29) is 12.1 Å². The van der Waals surface area contributed by atoms with Crippen molar-refractivity contribution in [2.45, 2.75) is 38.8 Å². The highest BCUT2D eigenvalue weighted by atomic mass is 16.5. The van der Waals surface area contributed by atoms with Gasteiger partial charge in [-0.2, -0.15) is 0 Å². The maximum absolute atomic E-state index is 12.7. The van der Waals surface area contributed by atoms with E-state index in [0.29, 0.717) is 81.8 Å². The van der Waals surface area contributed by atoms with Crippen LogP contribution in [0.1, 0.15) is 53.3 Å². The maximum Gasteiger partial charge on any atom is 0.255 e. The number of rotatable bonds is 18. The van der Waals surface area contributed by atoms with Gasteiger partial charge in [0.15, 0.2) is 40.3 Å². The van der Waals surface area contributed by atoms with Crippen molar-refractivity contribution in [3.8, 4) is 68.6 Å². The van der Waals surface area contributed by atoms with Crippen LogP contribution in [0.5, 0.6) is 46.0 Å². The van der Waals surface area contributed by atoms with E-state index in [1.54, 1.807) is 54.8 Å². The first-order chi connectivity index (χ1) is 26.8. The molecule has 6 rings (SSSR count). The average Bonchev–Trinajstić information content (AvgIpc) is 3.72. The Morgan fingerprint density at radius 3 is 1.85 bits per heavy atom. The van der Waals surface area contributed by atoms with Crippen LogP contribution in [0.25, 0.3) is 22.6 Å². The first-order valence-electron chi connectivity index (χ1n) is 18.0. The molecule has 2 N–H and O–H groups in total. The summed E-state index contributed by atoms with van der Waals surface area (Å²) in [4.78, 5) is 12.7. The molecule has 0 fully saturated rings. The second kappa shape index (κ2) is 17.7. The number of hydrogen-bond acceptors (Lipinski definition) is 12. The molecule has 1 amide bonds. The Balaban J connectivity index is 0.992. The summed E-state index contributed by atoms with van der Waals surface area (Å²) in [6.07, 6.45) is 3.20. The third-order valence-corrected chi connectivity index (χ3v) is 9.27. The van der Waals surface area contributed by atoms with E-state index in [1.807, 2.05) is 61.5 Å². The monoisotopic (exact) mass is 753 g/mol. The van der Waals surface area contributed by atoms with Crippen molar-refractivity contribution in [1.82, 2.24) is 10.5 Å². The van der Waals surface area contributed by atoms with Gasteiger partial charge in [-0.15, -0.1) is 0 Å². The minimum absolute atomic E-state index is 0.115. The number of nitrogens with one attached hydrogen (secondary N) is 2. The summed E-state index contributed by atoms with van der Waals surface area (Å²) in [5.41, 5.74) is 5.35. The highest BCUT2D eigenvalue weighted by molar-refractivity contribution is 6.02. The average molecular weight is 754 g/mol. The van der Waals surface area contributed by atoms with Crippen molar-refractivity contribution in [3.05, 3.63) is 83.4 Å². The Hall–Kier alpha value is -6.24. The molecule has 0 spiro atoms. The van der Waals surface area contributed by atoms with E-state index in [9.17, 15) is 4.79 Å². The minimum atomic E-state index is -0.380. The van der Waals surface area contributed by atoms with E-state index in [4.69, 9.17) is 42.4 Å². The smallest absolute Gasteiger partial charge is 0.255 e. The quantitative estimate of drug-likeness (QED) is 0.0833. The molecule has 0 radical (unpaired) electrons. The van der Waals surface area contributed by atoms with Gasteiger partial charge in [0.2, 0.25) is 11.5 Å². The number of hydrogen-bond donors (Lipinski definition) is 2. The number of aromatic nitrogens is 1. The van der Waals surface area contributed by atoms with E-state index < -0.39 is 0 Å². The minimum Gasteiger partial charge on any atom is -0.493 e. The number of carbonyl (C=O) groups excluding carboxylic acids is 1. The van der Waals surface area contributed by atoms with Gasteiger partial charge in [0.05, 0.1) is 61.4 Å². The van der Waals surface area contributed by atoms with Gasteiger partial charge in [0.25, 0.3) is 5.91 Å². The number of methoxy groups -OCH3 is 6. The Morgan fingerprint density at radius 1 is 0.600 bits per heavy atom. The Morgan fingerprint density at radius 2 is 1.22 bits per heavy atom. The molecule has 2 heterocycles. The molecule has 1 atom stereocenters. The van der Waals surface area contributed by atoms with Crippen molar-refractivity contribution in [2.75, 3.05) is 61.2 Å². The molecule has 1 unspecified atom stereocenters. The van der Waals surface area contributed by atoms with Gasteiger partial charge in [-0.05, 0) is 86.7 Å². The van der Waals surface area contributed by atoms with E-state index in [1.165, 1.54) is 0 Å². The molecule has 0 saturated heterocycles. The lowest BCUT2D eigenvalue weighted by Crippen LogP contribution is -2.38. The number of aryl methyl sites for hydroxylation is 1. The molecule has 55 heavy (non-hydrogen) atoms. The third-order valence-electron chi connectivity index (χ3n) is 9.27. The van der Waals surface area contributed by atoms with E-state index in [2.05, 4.69) is 15.8 Å². The number of unbranched alkanes of at least 4 members (excludes halogenated alkanes) is 3. The molecular formula is C42H47N3O10.